The summed E-state index contributed by atoms with van der Waals surface area (Å²) < 4.78 is 41.3. The summed E-state index contributed by atoms with van der Waals surface area (Å²) in [5.41, 5.74) is 0.136. The van der Waals surface area contributed by atoms with E-state index >= 15 is 0 Å². The summed E-state index contributed by atoms with van der Waals surface area (Å²) in [7, 11) is 1.80. The Morgan fingerprint density at radius 3 is 2.55 bits per heavy atom. The van der Waals surface area contributed by atoms with Crippen LogP contribution in [-0.4, -0.2) is 51.4 Å². The van der Waals surface area contributed by atoms with Crippen LogP contribution in [0.5, 0.6) is 0 Å². The van der Waals surface area contributed by atoms with Crippen LogP contribution in [0.15, 0.2) is 36.8 Å². The fraction of sp³-hybridized carbons (Fsp3) is 0.600. The van der Waals surface area contributed by atoms with E-state index in [4.69, 9.17) is 0 Å². The number of likely N-dealkylation sites (tertiary alicyclic amines) is 1. The molecule has 0 spiro atoms. The molecule has 2 aliphatic carbocycles. The van der Waals surface area contributed by atoms with Crippen molar-refractivity contribution in [2.24, 2.45) is 30.7 Å². The Labute approximate surface area is 192 Å². The van der Waals surface area contributed by atoms with Crippen LogP contribution in [0.2, 0.25) is 0 Å². The predicted octanol–water partition coefficient (Wildman–Crippen LogP) is 4.45. The van der Waals surface area contributed by atoms with E-state index in [1.165, 1.54) is 38.3 Å². The Kier molecular flexibility index (Phi) is 5.97. The molecular formula is C25H31F3N4O. The molecule has 0 bridgehead atoms. The molecule has 1 saturated heterocycles. The molecule has 2 unspecified atom stereocenters. The van der Waals surface area contributed by atoms with E-state index in [-0.39, 0.29) is 12.5 Å². The van der Waals surface area contributed by atoms with E-state index < -0.39 is 11.7 Å². The molecule has 3 aliphatic rings. The molecule has 2 atom stereocenters. The van der Waals surface area contributed by atoms with Gasteiger partial charge in [0.25, 0.3) is 5.91 Å². The standard InChI is InChI=1S/C25H31F3N4O/c1-30-15-23(29-16-30)24(33)32(11-18-7-4-8-19(9-18)25(26,27)28)14-22-20-12-31(13-21(20)22)10-17-5-2-3-6-17/h4,7-9,15-17,20-22H,2-3,5-6,10-14H2,1H3. The van der Waals surface area contributed by atoms with Gasteiger partial charge in [-0.2, -0.15) is 13.2 Å². The first-order valence-corrected chi connectivity index (χ1v) is 11.9. The minimum Gasteiger partial charge on any atom is -0.340 e. The lowest BCUT2D eigenvalue weighted by Gasteiger charge is -2.26. The first-order chi connectivity index (χ1) is 15.8. The van der Waals surface area contributed by atoms with E-state index in [1.807, 2.05) is 0 Å². The number of alkyl halides is 3. The van der Waals surface area contributed by atoms with Crippen molar-refractivity contribution in [3.8, 4) is 0 Å². The molecule has 5 rings (SSSR count). The van der Waals surface area contributed by atoms with Crippen molar-refractivity contribution in [3.05, 3.63) is 53.6 Å². The average molecular weight is 461 g/mol. The van der Waals surface area contributed by atoms with Gasteiger partial charge >= 0.3 is 6.18 Å². The maximum absolute atomic E-state index is 13.2. The third kappa shape index (κ3) is 4.95. The summed E-state index contributed by atoms with van der Waals surface area (Å²) in [4.78, 5) is 21.7. The van der Waals surface area contributed by atoms with Gasteiger partial charge in [-0.1, -0.05) is 25.0 Å². The molecule has 0 radical (unpaired) electrons. The maximum Gasteiger partial charge on any atom is 0.416 e. The number of carbonyl (C=O) groups is 1. The van der Waals surface area contributed by atoms with E-state index in [9.17, 15) is 18.0 Å². The summed E-state index contributed by atoms with van der Waals surface area (Å²) in [5.74, 6) is 2.21. The molecule has 1 aromatic heterocycles. The van der Waals surface area contributed by atoms with E-state index in [0.717, 1.165) is 31.1 Å². The van der Waals surface area contributed by atoms with Gasteiger partial charge in [-0.15, -0.1) is 0 Å². The third-order valence-corrected chi connectivity index (χ3v) is 7.71. The Balaban J connectivity index is 1.26. The number of hydrogen-bond donors (Lipinski definition) is 0. The highest BCUT2D eigenvalue weighted by molar-refractivity contribution is 5.92. The minimum absolute atomic E-state index is 0.154. The molecule has 2 saturated carbocycles. The number of benzene rings is 1. The monoisotopic (exact) mass is 460 g/mol. The van der Waals surface area contributed by atoms with Gasteiger partial charge in [-0.05, 0) is 54.2 Å². The number of rotatable bonds is 7. The normalized spacial score (nSPS) is 25.4. The van der Waals surface area contributed by atoms with Gasteiger partial charge in [0.1, 0.15) is 5.69 Å². The fourth-order valence-electron chi connectivity index (χ4n) is 5.94. The Morgan fingerprint density at radius 2 is 1.91 bits per heavy atom. The first-order valence-electron chi connectivity index (χ1n) is 11.9. The number of hydrogen-bond acceptors (Lipinski definition) is 3. The molecule has 2 aromatic rings. The van der Waals surface area contributed by atoms with Crippen molar-refractivity contribution in [1.29, 1.82) is 0 Å². The lowest BCUT2D eigenvalue weighted by Crippen LogP contribution is -2.36. The number of halogens is 3. The number of carbonyl (C=O) groups excluding carboxylic acids is 1. The zero-order valence-electron chi connectivity index (χ0n) is 19.0. The van der Waals surface area contributed by atoms with Crippen molar-refractivity contribution < 1.29 is 18.0 Å². The molecule has 1 aliphatic heterocycles. The van der Waals surface area contributed by atoms with Crippen molar-refractivity contribution in [2.75, 3.05) is 26.2 Å². The van der Waals surface area contributed by atoms with Crippen LogP contribution in [0.3, 0.4) is 0 Å². The number of aromatic nitrogens is 2. The first kappa shape index (κ1) is 22.4. The van der Waals surface area contributed by atoms with Gasteiger partial charge in [-0.25, -0.2) is 4.98 Å². The van der Waals surface area contributed by atoms with Crippen LogP contribution in [0, 0.1) is 23.7 Å². The molecule has 178 valence electrons. The summed E-state index contributed by atoms with van der Waals surface area (Å²) in [6.07, 6.45) is 4.24. The summed E-state index contributed by atoms with van der Waals surface area (Å²) in [6, 6.07) is 5.29. The second kappa shape index (κ2) is 8.78. The van der Waals surface area contributed by atoms with Gasteiger partial charge in [0, 0.05) is 46.0 Å². The second-order valence-corrected chi connectivity index (χ2v) is 10.2. The summed E-state index contributed by atoms with van der Waals surface area (Å²) in [6.45, 7) is 4.09. The molecule has 5 nitrogen and oxygen atoms in total. The van der Waals surface area contributed by atoms with Crippen molar-refractivity contribution >= 4 is 5.91 Å². The lowest BCUT2D eigenvalue weighted by atomic mass is 10.1. The highest BCUT2D eigenvalue weighted by Crippen LogP contribution is 2.52. The largest absolute Gasteiger partial charge is 0.416 e. The number of amides is 1. The molecular weight excluding hydrogens is 429 g/mol. The summed E-state index contributed by atoms with van der Waals surface area (Å²) in [5, 5.41) is 0. The highest BCUT2D eigenvalue weighted by Gasteiger charge is 2.56. The van der Waals surface area contributed by atoms with Crippen molar-refractivity contribution in [2.45, 2.75) is 38.4 Å². The van der Waals surface area contributed by atoms with Crippen molar-refractivity contribution in [3.63, 3.8) is 0 Å². The third-order valence-electron chi connectivity index (χ3n) is 7.71. The van der Waals surface area contributed by atoms with Crippen LogP contribution < -0.4 is 0 Å². The second-order valence-electron chi connectivity index (χ2n) is 10.2. The van der Waals surface area contributed by atoms with Gasteiger partial charge < -0.3 is 14.4 Å². The van der Waals surface area contributed by atoms with E-state index in [0.29, 0.717) is 35.6 Å². The minimum atomic E-state index is -4.40. The quantitative estimate of drug-likeness (QED) is 0.613. The highest BCUT2D eigenvalue weighted by atomic mass is 19.4. The number of fused-ring (bicyclic) bond motifs is 1. The Hall–Kier alpha value is -2.35. The van der Waals surface area contributed by atoms with Gasteiger partial charge in [-0.3, -0.25) is 4.79 Å². The van der Waals surface area contributed by atoms with Crippen LogP contribution >= 0.6 is 0 Å². The van der Waals surface area contributed by atoms with Crippen LogP contribution in [0.1, 0.15) is 47.3 Å². The predicted molar refractivity (Wildman–Crippen MR) is 118 cm³/mol. The molecule has 8 heteroatoms. The zero-order valence-corrected chi connectivity index (χ0v) is 19.0. The van der Waals surface area contributed by atoms with Gasteiger partial charge in [0.05, 0.1) is 11.9 Å². The topological polar surface area (TPSA) is 41.4 Å². The zero-order chi connectivity index (χ0) is 23.2. The summed E-state index contributed by atoms with van der Waals surface area (Å²) >= 11 is 0. The fourth-order valence-corrected chi connectivity index (χ4v) is 5.94. The van der Waals surface area contributed by atoms with Crippen molar-refractivity contribution in [1.82, 2.24) is 19.4 Å². The number of nitrogens with zero attached hydrogens (tertiary/aromatic N) is 4. The van der Waals surface area contributed by atoms with Crippen LogP contribution in [0.4, 0.5) is 13.2 Å². The average Bonchev–Trinajstić information content (AvgIpc) is 3.27. The number of piperidine rings is 1. The SMILES string of the molecule is Cn1cnc(C(=O)N(Cc2cccc(C(F)(F)F)c2)CC2C3CN(CC4CCCC4)CC32)c1. The number of aryl methyl sites for hydroxylation is 1. The molecule has 0 N–H and O–H groups in total. The Bertz CT molecular complexity index is 986. The number of imidazole rings is 1. The smallest absolute Gasteiger partial charge is 0.340 e. The van der Waals surface area contributed by atoms with E-state index in [2.05, 4.69) is 9.88 Å². The molecule has 3 fully saturated rings. The molecule has 2 heterocycles. The van der Waals surface area contributed by atoms with Crippen LogP contribution in [0.25, 0.3) is 0 Å². The molecule has 1 aromatic carbocycles. The molecule has 1 amide bonds. The maximum atomic E-state index is 13.2. The van der Waals surface area contributed by atoms with Gasteiger partial charge in [0.15, 0.2) is 0 Å². The Morgan fingerprint density at radius 1 is 1.18 bits per heavy atom. The molecule has 33 heavy (non-hydrogen) atoms. The van der Waals surface area contributed by atoms with Gasteiger partial charge in [0.2, 0.25) is 0 Å². The van der Waals surface area contributed by atoms with Crippen LogP contribution in [-0.2, 0) is 19.8 Å². The van der Waals surface area contributed by atoms with E-state index in [1.54, 1.807) is 35.1 Å². The lowest BCUT2D eigenvalue weighted by molar-refractivity contribution is -0.137.